The molecule has 0 fully saturated rings. The van der Waals surface area contributed by atoms with Crippen LogP contribution in [0.5, 0.6) is 0 Å². The highest BCUT2D eigenvalue weighted by Crippen LogP contribution is 2.08. The molecule has 0 heterocycles. The van der Waals surface area contributed by atoms with Crippen molar-refractivity contribution < 1.29 is 23.8 Å². The van der Waals surface area contributed by atoms with Gasteiger partial charge in [-0.3, -0.25) is 4.79 Å². The van der Waals surface area contributed by atoms with Gasteiger partial charge in [0.05, 0.1) is 13.2 Å². The average Bonchev–Trinajstić information content (AvgIpc) is 2.56. The topological polar surface area (TPSA) is 73.9 Å². The largest absolute Gasteiger partial charge is 0.459 e. The van der Waals surface area contributed by atoms with Gasteiger partial charge in [-0.15, -0.1) is 0 Å². The summed E-state index contributed by atoms with van der Waals surface area (Å²) in [6.07, 6.45) is 0.511. The number of benzene rings is 1. The molecule has 0 saturated carbocycles. The maximum absolute atomic E-state index is 12.3. The van der Waals surface area contributed by atoms with E-state index < -0.39 is 12.0 Å². The Morgan fingerprint density at radius 1 is 1.12 bits per heavy atom. The van der Waals surface area contributed by atoms with Gasteiger partial charge in [-0.1, -0.05) is 44.2 Å². The molecule has 0 bridgehead atoms. The van der Waals surface area contributed by atoms with Gasteiger partial charge >= 0.3 is 5.97 Å². The molecule has 6 heteroatoms. The van der Waals surface area contributed by atoms with Crippen molar-refractivity contribution in [3.8, 4) is 0 Å². The van der Waals surface area contributed by atoms with Crippen LogP contribution in [0.3, 0.4) is 0 Å². The zero-order valence-corrected chi connectivity index (χ0v) is 14.6. The average molecular weight is 337 g/mol. The first-order chi connectivity index (χ1) is 11.5. The summed E-state index contributed by atoms with van der Waals surface area (Å²) in [5, 5.41) is 2.68. The van der Waals surface area contributed by atoms with E-state index >= 15 is 0 Å². The summed E-state index contributed by atoms with van der Waals surface area (Å²) >= 11 is 0. The van der Waals surface area contributed by atoms with E-state index in [4.69, 9.17) is 14.2 Å². The Morgan fingerprint density at radius 2 is 1.83 bits per heavy atom. The molecule has 6 nitrogen and oxygen atoms in total. The molecule has 0 radical (unpaired) electrons. The van der Waals surface area contributed by atoms with Crippen LogP contribution in [0.15, 0.2) is 30.3 Å². The summed E-state index contributed by atoms with van der Waals surface area (Å²) < 4.78 is 15.3. The number of carbonyl (C=O) groups excluding carboxylic acids is 2. The number of rotatable bonds is 11. The summed E-state index contributed by atoms with van der Waals surface area (Å²) in [5.41, 5.74) is 0.906. The molecule has 24 heavy (non-hydrogen) atoms. The Kier molecular flexibility index (Phi) is 9.72. The van der Waals surface area contributed by atoms with E-state index in [0.29, 0.717) is 19.6 Å². The van der Waals surface area contributed by atoms with Crippen molar-refractivity contribution in [2.45, 2.75) is 32.9 Å². The van der Waals surface area contributed by atoms with E-state index in [2.05, 4.69) is 5.32 Å². The molecule has 0 aromatic heterocycles. The lowest BCUT2D eigenvalue weighted by atomic mass is 10.0. The molecule has 0 aliphatic rings. The Balaban J connectivity index is 2.47. The van der Waals surface area contributed by atoms with E-state index in [0.717, 1.165) is 5.56 Å². The molecular formula is C18H27NO5. The Bertz CT molecular complexity index is 489. The van der Waals surface area contributed by atoms with Gasteiger partial charge in [0.15, 0.2) is 0 Å². The summed E-state index contributed by atoms with van der Waals surface area (Å²) in [5.74, 6) is -0.528. The first kappa shape index (κ1) is 20.1. The van der Waals surface area contributed by atoms with Gasteiger partial charge in [-0.2, -0.15) is 0 Å². The monoisotopic (exact) mass is 337 g/mol. The highest BCUT2D eigenvalue weighted by atomic mass is 16.5. The zero-order chi connectivity index (χ0) is 17.8. The second-order valence-corrected chi connectivity index (χ2v) is 5.89. The summed E-state index contributed by atoms with van der Waals surface area (Å²) in [6, 6.07) is 8.76. The summed E-state index contributed by atoms with van der Waals surface area (Å²) in [6.45, 7) is 4.80. The number of methoxy groups -OCH3 is 1. The molecule has 0 saturated heterocycles. The number of amides is 1. The van der Waals surface area contributed by atoms with E-state index in [1.54, 1.807) is 7.11 Å². The number of hydrogen-bond donors (Lipinski definition) is 1. The van der Waals surface area contributed by atoms with Crippen LogP contribution in [0.4, 0.5) is 0 Å². The number of hydrogen-bond acceptors (Lipinski definition) is 5. The molecule has 1 atom stereocenters. The Labute approximate surface area is 143 Å². The number of nitrogens with one attached hydrogen (secondary N) is 1. The first-order valence-corrected chi connectivity index (χ1v) is 8.09. The Morgan fingerprint density at radius 3 is 2.46 bits per heavy atom. The van der Waals surface area contributed by atoms with Gasteiger partial charge in [-0.05, 0) is 17.9 Å². The third kappa shape index (κ3) is 8.64. The fraction of sp³-hybridized carbons (Fsp3) is 0.556. The minimum atomic E-state index is -0.674. The van der Waals surface area contributed by atoms with E-state index in [-0.39, 0.29) is 25.0 Å². The second kappa shape index (κ2) is 11.6. The van der Waals surface area contributed by atoms with E-state index in [9.17, 15) is 9.59 Å². The third-order valence-corrected chi connectivity index (χ3v) is 3.22. The molecule has 0 unspecified atom stereocenters. The van der Waals surface area contributed by atoms with Crippen LogP contribution in [0.25, 0.3) is 0 Å². The van der Waals surface area contributed by atoms with E-state index in [1.165, 1.54) is 0 Å². The van der Waals surface area contributed by atoms with Gasteiger partial charge in [0, 0.05) is 7.11 Å². The van der Waals surface area contributed by atoms with Crippen LogP contribution in [0, 0.1) is 5.92 Å². The van der Waals surface area contributed by atoms with Crippen LogP contribution < -0.4 is 5.32 Å². The molecule has 1 aromatic carbocycles. The molecule has 134 valence electrons. The normalized spacial score (nSPS) is 12.0. The van der Waals surface area contributed by atoms with Crippen LogP contribution in [-0.4, -0.2) is 44.8 Å². The van der Waals surface area contributed by atoms with Crippen molar-refractivity contribution in [3.63, 3.8) is 0 Å². The van der Waals surface area contributed by atoms with Crippen molar-refractivity contribution >= 4 is 11.9 Å². The smallest absolute Gasteiger partial charge is 0.328 e. The van der Waals surface area contributed by atoms with Crippen molar-refractivity contribution in [1.29, 1.82) is 0 Å². The lowest BCUT2D eigenvalue weighted by molar-refractivity contribution is -0.150. The lowest BCUT2D eigenvalue weighted by Crippen LogP contribution is -2.44. The molecule has 1 aromatic rings. The predicted molar refractivity (Wildman–Crippen MR) is 90.3 cm³/mol. The third-order valence-electron chi connectivity index (χ3n) is 3.22. The Hall–Kier alpha value is -1.92. The maximum Gasteiger partial charge on any atom is 0.328 e. The molecule has 0 aliphatic carbocycles. The van der Waals surface area contributed by atoms with E-state index in [1.807, 2.05) is 44.2 Å². The molecule has 0 aliphatic heterocycles. The van der Waals surface area contributed by atoms with Gasteiger partial charge in [0.1, 0.15) is 19.3 Å². The van der Waals surface area contributed by atoms with Gasteiger partial charge in [0.2, 0.25) is 5.91 Å². The fourth-order valence-corrected chi connectivity index (χ4v) is 2.06. The highest BCUT2D eigenvalue weighted by Gasteiger charge is 2.23. The molecule has 1 amide bonds. The van der Waals surface area contributed by atoms with Crippen molar-refractivity contribution in [2.75, 3.05) is 26.9 Å². The van der Waals surface area contributed by atoms with Crippen molar-refractivity contribution in [3.05, 3.63) is 35.9 Å². The molecule has 0 spiro atoms. The highest BCUT2D eigenvalue weighted by molar-refractivity contribution is 5.85. The first-order valence-electron chi connectivity index (χ1n) is 8.09. The summed E-state index contributed by atoms with van der Waals surface area (Å²) in [4.78, 5) is 24.2. The number of esters is 1. The van der Waals surface area contributed by atoms with Gasteiger partial charge in [0.25, 0.3) is 0 Å². The minimum absolute atomic E-state index is 0.107. The number of carbonyl (C=O) groups is 2. The molecule has 1 N–H and O–H groups in total. The number of ether oxygens (including phenoxy) is 3. The standard InChI is InChI=1S/C18H27NO5/c1-14(2)11-16(19-17(20)13-23-10-9-22-3)18(21)24-12-15-7-5-4-6-8-15/h4-8,14,16H,9-13H2,1-3H3,(H,19,20)/t16-/m1/s1. The van der Waals surface area contributed by atoms with Crippen LogP contribution in [0.2, 0.25) is 0 Å². The lowest BCUT2D eigenvalue weighted by Gasteiger charge is -2.19. The second-order valence-electron chi connectivity index (χ2n) is 5.89. The van der Waals surface area contributed by atoms with Crippen LogP contribution >= 0.6 is 0 Å². The van der Waals surface area contributed by atoms with Gasteiger partial charge < -0.3 is 19.5 Å². The minimum Gasteiger partial charge on any atom is -0.459 e. The van der Waals surface area contributed by atoms with Gasteiger partial charge in [-0.25, -0.2) is 4.79 Å². The maximum atomic E-state index is 12.3. The van der Waals surface area contributed by atoms with Crippen molar-refractivity contribution in [2.24, 2.45) is 5.92 Å². The zero-order valence-electron chi connectivity index (χ0n) is 14.6. The van der Waals surface area contributed by atoms with Crippen LogP contribution in [0.1, 0.15) is 25.8 Å². The fourth-order valence-electron chi connectivity index (χ4n) is 2.06. The molecule has 1 rings (SSSR count). The predicted octanol–water partition coefficient (Wildman–Crippen LogP) is 1.92. The molecular weight excluding hydrogens is 310 g/mol. The quantitative estimate of drug-likeness (QED) is 0.493. The van der Waals surface area contributed by atoms with Crippen LogP contribution in [-0.2, 0) is 30.4 Å². The van der Waals surface area contributed by atoms with Crippen molar-refractivity contribution in [1.82, 2.24) is 5.32 Å². The SMILES string of the molecule is COCCOCC(=O)N[C@H](CC(C)C)C(=O)OCc1ccccc1. The summed E-state index contributed by atoms with van der Waals surface area (Å²) in [7, 11) is 1.56.